The molecule has 0 bridgehead atoms. The molecule has 1 unspecified atom stereocenters. The lowest BCUT2D eigenvalue weighted by Crippen LogP contribution is -2.36. The van der Waals surface area contributed by atoms with Gasteiger partial charge in [-0.05, 0) is 26.3 Å². The van der Waals surface area contributed by atoms with Crippen LogP contribution in [-0.4, -0.2) is 40.0 Å². The van der Waals surface area contributed by atoms with Gasteiger partial charge in [-0.1, -0.05) is 0 Å². The first-order valence-corrected chi connectivity index (χ1v) is 6.55. The van der Waals surface area contributed by atoms with Crippen LogP contribution in [0.1, 0.15) is 37.2 Å². The molecule has 0 spiro atoms. The molecule has 7 heteroatoms. The number of hydrogen-bond donors (Lipinski definition) is 2. The second-order valence-electron chi connectivity index (χ2n) is 4.54. The second-order valence-corrected chi connectivity index (χ2v) is 4.54. The summed E-state index contributed by atoms with van der Waals surface area (Å²) in [6.07, 6.45) is 2.07. The fraction of sp³-hybridized carbons (Fsp3) is 0.538. The van der Waals surface area contributed by atoms with Gasteiger partial charge in [0.15, 0.2) is 0 Å². The quantitative estimate of drug-likeness (QED) is 0.689. The highest BCUT2D eigenvalue weighted by molar-refractivity contribution is 6.36. The number of likely N-dealkylation sites (N-methyl/N-ethyl adjacent to an activating group) is 1. The number of Topliss-reactive ketones (excluding diaryl/α,β-unsaturated/α-hetero) is 1. The van der Waals surface area contributed by atoms with Gasteiger partial charge in [-0.3, -0.25) is 19.1 Å². The van der Waals surface area contributed by atoms with Gasteiger partial charge in [0.1, 0.15) is 5.69 Å². The van der Waals surface area contributed by atoms with E-state index in [9.17, 15) is 14.4 Å². The summed E-state index contributed by atoms with van der Waals surface area (Å²) in [4.78, 5) is 34.6. The Bertz CT molecular complexity index is 496. The Morgan fingerprint density at radius 2 is 2.10 bits per heavy atom. The maximum atomic E-state index is 11.9. The van der Waals surface area contributed by atoms with Crippen molar-refractivity contribution in [3.05, 3.63) is 18.0 Å². The molecule has 0 radical (unpaired) electrons. The first-order valence-electron chi connectivity index (χ1n) is 6.55. The first-order chi connectivity index (χ1) is 9.45. The molecule has 20 heavy (non-hydrogen) atoms. The van der Waals surface area contributed by atoms with Crippen molar-refractivity contribution in [3.63, 3.8) is 0 Å². The van der Waals surface area contributed by atoms with Crippen LogP contribution in [-0.2, 0) is 16.6 Å². The zero-order chi connectivity index (χ0) is 15.1. The number of ketones is 1. The van der Waals surface area contributed by atoms with Gasteiger partial charge in [0.05, 0.1) is 0 Å². The lowest BCUT2D eigenvalue weighted by atomic mass is 10.1. The van der Waals surface area contributed by atoms with Crippen molar-refractivity contribution in [1.29, 1.82) is 0 Å². The average Bonchev–Trinajstić information content (AvgIpc) is 2.82. The van der Waals surface area contributed by atoms with Crippen LogP contribution < -0.4 is 10.6 Å². The smallest absolute Gasteiger partial charge is 0.287 e. The van der Waals surface area contributed by atoms with Crippen LogP contribution >= 0.6 is 0 Å². The monoisotopic (exact) mass is 280 g/mol. The Morgan fingerprint density at radius 1 is 1.40 bits per heavy atom. The predicted molar refractivity (Wildman–Crippen MR) is 73.1 cm³/mol. The number of carbonyl (C=O) groups is 3. The van der Waals surface area contributed by atoms with E-state index in [0.29, 0.717) is 18.7 Å². The van der Waals surface area contributed by atoms with E-state index in [1.165, 1.54) is 10.9 Å². The van der Waals surface area contributed by atoms with E-state index in [0.717, 1.165) is 0 Å². The maximum Gasteiger partial charge on any atom is 0.287 e. The number of nitrogens with zero attached hydrogens (tertiary/aromatic N) is 2. The van der Waals surface area contributed by atoms with Gasteiger partial charge in [-0.15, -0.1) is 0 Å². The van der Waals surface area contributed by atoms with Gasteiger partial charge in [0.25, 0.3) is 11.8 Å². The molecule has 2 N–H and O–H groups in total. The highest BCUT2D eigenvalue weighted by Gasteiger charge is 2.16. The SMILES string of the molecule is CCNC(=O)C(=O)CCC(C)NC(=O)c1ccnn1C. The fourth-order valence-electron chi connectivity index (χ4n) is 1.69. The van der Waals surface area contributed by atoms with Crippen LogP contribution in [0.25, 0.3) is 0 Å². The summed E-state index contributed by atoms with van der Waals surface area (Å²) in [5.41, 5.74) is 0.451. The van der Waals surface area contributed by atoms with Crippen LogP contribution in [0, 0.1) is 0 Å². The normalized spacial score (nSPS) is 11.8. The summed E-state index contributed by atoms with van der Waals surface area (Å²) in [6, 6.07) is 1.41. The minimum absolute atomic E-state index is 0.110. The van der Waals surface area contributed by atoms with Gasteiger partial charge in [-0.2, -0.15) is 5.10 Å². The number of carbonyl (C=O) groups excluding carboxylic acids is 3. The van der Waals surface area contributed by atoms with E-state index in [-0.39, 0.29) is 18.4 Å². The average molecular weight is 280 g/mol. The molecule has 1 rings (SSSR count). The van der Waals surface area contributed by atoms with Crippen molar-refractivity contribution in [2.45, 2.75) is 32.7 Å². The summed E-state index contributed by atoms with van der Waals surface area (Å²) < 4.78 is 1.47. The zero-order valence-electron chi connectivity index (χ0n) is 12.0. The van der Waals surface area contributed by atoms with E-state index >= 15 is 0 Å². The molecule has 1 aromatic heterocycles. The molecule has 7 nitrogen and oxygen atoms in total. The van der Waals surface area contributed by atoms with Crippen molar-refractivity contribution in [2.24, 2.45) is 7.05 Å². The van der Waals surface area contributed by atoms with Crippen molar-refractivity contribution in [3.8, 4) is 0 Å². The number of aryl methyl sites for hydroxylation is 1. The molecule has 2 amide bonds. The summed E-state index contributed by atoms with van der Waals surface area (Å²) in [5.74, 6) is -1.28. The molecule has 0 saturated heterocycles. The molecule has 0 aliphatic carbocycles. The summed E-state index contributed by atoms with van der Waals surface area (Å²) >= 11 is 0. The van der Waals surface area contributed by atoms with Gasteiger partial charge >= 0.3 is 0 Å². The Morgan fingerprint density at radius 3 is 2.65 bits per heavy atom. The molecule has 110 valence electrons. The van der Waals surface area contributed by atoms with E-state index in [1.54, 1.807) is 27.0 Å². The summed E-state index contributed by atoms with van der Waals surface area (Å²) in [5, 5.41) is 9.13. The van der Waals surface area contributed by atoms with Crippen molar-refractivity contribution < 1.29 is 14.4 Å². The predicted octanol–water partition coefficient (Wildman–Crippen LogP) is 0.0238. The van der Waals surface area contributed by atoms with E-state index < -0.39 is 11.7 Å². The number of amides is 2. The molecule has 1 aromatic rings. The third-order valence-electron chi connectivity index (χ3n) is 2.83. The molecule has 1 heterocycles. The molecular formula is C13H20N4O3. The zero-order valence-corrected chi connectivity index (χ0v) is 12.0. The number of aromatic nitrogens is 2. The maximum absolute atomic E-state index is 11.9. The van der Waals surface area contributed by atoms with Crippen molar-refractivity contribution >= 4 is 17.6 Å². The van der Waals surface area contributed by atoms with Crippen LogP contribution in [0.2, 0.25) is 0 Å². The van der Waals surface area contributed by atoms with Crippen molar-refractivity contribution in [1.82, 2.24) is 20.4 Å². The Labute approximate surface area is 117 Å². The molecule has 0 aliphatic heterocycles. The number of rotatable bonds is 7. The summed E-state index contributed by atoms with van der Waals surface area (Å²) in [6.45, 7) is 3.97. The number of hydrogen-bond acceptors (Lipinski definition) is 4. The molecular weight excluding hydrogens is 260 g/mol. The van der Waals surface area contributed by atoms with Crippen molar-refractivity contribution in [2.75, 3.05) is 6.54 Å². The highest BCUT2D eigenvalue weighted by atomic mass is 16.2. The third kappa shape index (κ3) is 4.49. The largest absolute Gasteiger partial charge is 0.350 e. The number of nitrogens with one attached hydrogen (secondary N) is 2. The molecule has 0 aromatic carbocycles. The van der Waals surface area contributed by atoms with Gasteiger partial charge in [-0.25, -0.2) is 0 Å². The van der Waals surface area contributed by atoms with Crippen LogP contribution in [0.15, 0.2) is 12.3 Å². The molecule has 0 saturated carbocycles. The van der Waals surface area contributed by atoms with Crippen LogP contribution in [0.4, 0.5) is 0 Å². The van der Waals surface area contributed by atoms with Gasteiger partial charge in [0, 0.05) is 32.3 Å². The lowest BCUT2D eigenvalue weighted by Gasteiger charge is -2.13. The first kappa shape index (κ1) is 15.9. The van der Waals surface area contributed by atoms with Crippen LogP contribution in [0.3, 0.4) is 0 Å². The summed E-state index contributed by atoms with van der Waals surface area (Å²) in [7, 11) is 1.68. The van der Waals surface area contributed by atoms with E-state index in [4.69, 9.17) is 0 Å². The second kappa shape index (κ2) is 7.42. The lowest BCUT2D eigenvalue weighted by molar-refractivity contribution is -0.137. The minimum atomic E-state index is -0.572. The highest BCUT2D eigenvalue weighted by Crippen LogP contribution is 2.01. The molecule has 0 fully saturated rings. The minimum Gasteiger partial charge on any atom is -0.350 e. The third-order valence-corrected chi connectivity index (χ3v) is 2.83. The van der Waals surface area contributed by atoms with Gasteiger partial charge < -0.3 is 10.6 Å². The Kier molecular flexibility index (Phi) is 5.89. The standard InChI is InChI=1S/C13H20N4O3/c1-4-14-13(20)11(18)6-5-9(2)16-12(19)10-7-8-15-17(10)3/h7-9H,4-6H2,1-3H3,(H,14,20)(H,16,19). The Balaban J connectivity index is 2.39. The van der Waals surface area contributed by atoms with Gasteiger partial charge in [0.2, 0.25) is 5.78 Å². The Hall–Kier alpha value is -2.18. The topological polar surface area (TPSA) is 93.1 Å². The van der Waals surface area contributed by atoms with E-state index in [2.05, 4.69) is 15.7 Å². The van der Waals surface area contributed by atoms with Crippen LogP contribution in [0.5, 0.6) is 0 Å². The fourth-order valence-corrected chi connectivity index (χ4v) is 1.69. The van der Waals surface area contributed by atoms with E-state index in [1.807, 2.05) is 0 Å². The molecule has 0 aliphatic rings. The molecule has 1 atom stereocenters.